The zero-order chi connectivity index (χ0) is 14.7. The molecule has 106 valence electrons. The lowest BCUT2D eigenvalue weighted by Crippen LogP contribution is -2.38. The van der Waals surface area contributed by atoms with E-state index in [1.165, 1.54) is 0 Å². The molecule has 0 aliphatic heterocycles. The van der Waals surface area contributed by atoms with Crippen LogP contribution < -0.4 is 0 Å². The smallest absolute Gasteiger partial charge is 0.281 e. The Morgan fingerprint density at radius 3 is 2.26 bits per heavy atom. The average molecular weight is 294 g/mol. The van der Waals surface area contributed by atoms with Crippen LogP contribution in [0.5, 0.6) is 0 Å². The normalized spacial score (nSPS) is 14.1. The third-order valence-electron chi connectivity index (χ3n) is 2.61. The Labute approximate surface area is 109 Å². The molecule has 0 bridgehead atoms. The SMILES string of the molecule is C=Cc1ccc(CCC(F)C(F)(F)S(=O)(=O)O)cc1. The molecule has 0 fully saturated rings. The second-order valence-electron chi connectivity index (χ2n) is 3.99. The molecule has 1 aromatic rings. The largest absolute Gasteiger partial charge is 0.400 e. The third kappa shape index (κ3) is 3.81. The van der Waals surface area contributed by atoms with E-state index in [9.17, 15) is 21.6 Å². The van der Waals surface area contributed by atoms with Gasteiger partial charge in [0.15, 0.2) is 6.17 Å². The Bertz CT molecular complexity index is 538. The van der Waals surface area contributed by atoms with Gasteiger partial charge >= 0.3 is 15.4 Å². The molecule has 0 saturated heterocycles. The first-order valence-corrected chi connectivity index (χ1v) is 6.83. The van der Waals surface area contributed by atoms with Crippen LogP contribution in [0.1, 0.15) is 17.5 Å². The van der Waals surface area contributed by atoms with Gasteiger partial charge in [-0.25, -0.2) is 4.39 Å². The van der Waals surface area contributed by atoms with Gasteiger partial charge in [-0.15, -0.1) is 0 Å². The van der Waals surface area contributed by atoms with Crippen LogP contribution in [-0.4, -0.2) is 24.4 Å². The van der Waals surface area contributed by atoms with Crippen LogP contribution in [-0.2, 0) is 16.5 Å². The zero-order valence-corrected chi connectivity index (χ0v) is 10.7. The Kier molecular flexibility index (Phi) is 4.75. The van der Waals surface area contributed by atoms with Crippen molar-refractivity contribution >= 4 is 16.2 Å². The van der Waals surface area contributed by atoms with Gasteiger partial charge in [-0.05, 0) is 24.0 Å². The van der Waals surface area contributed by atoms with Crippen LogP contribution in [0.15, 0.2) is 30.8 Å². The van der Waals surface area contributed by atoms with Gasteiger partial charge in [0.05, 0.1) is 0 Å². The van der Waals surface area contributed by atoms with E-state index in [0.717, 1.165) is 5.56 Å². The lowest BCUT2D eigenvalue weighted by atomic mass is 10.1. The van der Waals surface area contributed by atoms with Crippen LogP contribution in [0.2, 0.25) is 0 Å². The molecule has 0 amide bonds. The number of alkyl halides is 3. The van der Waals surface area contributed by atoms with E-state index >= 15 is 0 Å². The summed E-state index contributed by atoms with van der Waals surface area (Å²) in [6, 6.07) is 6.57. The number of halogens is 3. The van der Waals surface area contributed by atoms with Crippen LogP contribution in [0.25, 0.3) is 6.08 Å². The molecule has 0 aliphatic carbocycles. The monoisotopic (exact) mass is 294 g/mol. The number of benzene rings is 1. The van der Waals surface area contributed by atoms with E-state index in [4.69, 9.17) is 4.55 Å². The number of aryl methyl sites for hydroxylation is 1. The van der Waals surface area contributed by atoms with Gasteiger partial charge in [0.1, 0.15) is 0 Å². The molecular weight excluding hydrogens is 281 g/mol. The van der Waals surface area contributed by atoms with Gasteiger partial charge in [0.25, 0.3) is 0 Å². The van der Waals surface area contributed by atoms with E-state index in [1.807, 2.05) is 0 Å². The Morgan fingerprint density at radius 2 is 1.84 bits per heavy atom. The molecule has 0 aliphatic rings. The summed E-state index contributed by atoms with van der Waals surface area (Å²) < 4.78 is 68.0. The molecular formula is C12H13F3O3S. The molecule has 1 N–H and O–H groups in total. The van der Waals surface area contributed by atoms with Crippen molar-refractivity contribution in [2.45, 2.75) is 24.3 Å². The highest BCUT2D eigenvalue weighted by molar-refractivity contribution is 7.86. The predicted octanol–water partition coefficient (Wildman–Crippen LogP) is 3.08. The van der Waals surface area contributed by atoms with Gasteiger partial charge in [0.2, 0.25) is 0 Å². The van der Waals surface area contributed by atoms with Gasteiger partial charge in [-0.2, -0.15) is 17.2 Å². The van der Waals surface area contributed by atoms with Crippen molar-refractivity contribution < 1.29 is 26.1 Å². The summed E-state index contributed by atoms with van der Waals surface area (Å²) in [5.74, 6) is 0. The standard InChI is InChI=1S/C12H13F3O3S/c1-2-9-3-5-10(6-4-9)7-8-11(13)12(14,15)19(16,17)18/h2-6,11H,1,7-8H2,(H,16,17,18). The van der Waals surface area contributed by atoms with Crippen LogP contribution in [0.3, 0.4) is 0 Å². The minimum atomic E-state index is -5.74. The maximum atomic E-state index is 13.2. The first-order valence-electron chi connectivity index (χ1n) is 5.38. The van der Waals surface area contributed by atoms with E-state index in [2.05, 4.69) is 6.58 Å². The molecule has 0 aromatic heterocycles. The minimum Gasteiger partial charge on any atom is -0.281 e. The van der Waals surface area contributed by atoms with Gasteiger partial charge < -0.3 is 0 Å². The molecule has 0 spiro atoms. The summed E-state index contributed by atoms with van der Waals surface area (Å²) in [5, 5.41) is -4.78. The molecule has 1 aromatic carbocycles. The zero-order valence-electron chi connectivity index (χ0n) is 9.89. The fourth-order valence-corrected chi connectivity index (χ4v) is 1.88. The summed E-state index contributed by atoms with van der Waals surface area (Å²) in [5.41, 5.74) is 1.41. The first-order chi connectivity index (χ1) is 8.68. The summed E-state index contributed by atoms with van der Waals surface area (Å²) in [6.45, 7) is 3.54. The molecule has 0 radical (unpaired) electrons. The van der Waals surface area contributed by atoms with Gasteiger partial charge in [0, 0.05) is 0 Å². The maximum absolute atomic E-state index is 13.2. The third-order valence-corrected chi connectivity index (χ3v) is 3.55. The number of rotatable bonds is 6. The average Bonchev–Trinajstić information content (AvgIpc) is 2.35. The van der Waals surface area contributed by atoms with E-state index in [-0.39, 0.29) is 6.42 Å². The second-order valence-corrected chi connectivity index (χ2v) is 5.48. The van der Waals surface area contributed by atoms with Crippen LogP contribution in [0, 0.1) is 0 Å². The summed E-state index contributed by atoms with van der Waals surface area (Å²) >= 11 is 0. The fourth-order valence-electron chi connectivity index (χ4n) is 1.44. The van der Waals surface area contributed by atoms with E-state index < -0.39 is 28.0 Å². The minimum absolute atomic E-state index is 0.0658. The predicted molar refractivity (Wildman–Crippen MR) is 66.2 cm³/mol. The Hall–Kier alpha value is -1.34. The topological polar surface area (TPSA) is 54.4 Å². The summed E-state index contributed by atoms with van der Waals surface area (Å²) in [4.78, 5) is 0. The lowest BCUT2D eigenvalue weighted by molar-refractivity contribution is -0.00587. The maximum Gasteiger partial charge on any atom is 0.400 e. The highest BCUT2D eigenvalue weighted by Crippen LogP contribution is 2.30. The summed E-state index contributed by atoms with van der Waals surface area (Å²) in [7, 11) is -5.74. The van der Waals surface area contributed by atoms with Crippen molar-refractivity contribution in [3.05, 3.63) is 42.0 Å². The number of hydrogen-bond acceptors (Lipinski definition) is 2. The van der Waals surface area contributed by atoms with Gasteiger partial charge in [-0.3, -0.25) is 4.55 Å². The van der Waals surface area contributed by atoms with Crippen molar-refractivity contribution in [3.8, 4) is 0 Å². The highest BCUT2D eigenvalue weighted by atomic mass is 32.2. The van der Waals surface area contributed by atoms with Crippen LogP contribution >= 0.6 is 0 Å². The second kappa shape index (κ2) is 5.75. The van der Waals surface area contributed by atoms with Crippen molar-refractivity contribution in [2.75, 3.05) is 0 Å². The highest BCUT2D eigenvalue weighted by Gasteiger charge is 2.52. The lowest BCUT2D eigenvalue weighted by Gasteiger charge is -2.17. The number of hydrogen-bond donors (Lipinski definition) is 1. The van der Waals surface area contributed by atoms with E-state index in [1.54, 1.807) is 30.3 Å². The first kappa shape index (κ1) is 15.7. The fraction of sp³-hybridized carbons (Fsp3) is 0.333. The molecule has 3 nitrogen and oxygen atoms in total. The molecule has 19 heavy (non-hydrogen) atoms. The van der Waals surface area contributed by atoms with Crippen molar-refractivity contribution in [1.82, 2.24) is 0 Å². The summed E-state index contributed by atoms with van der Waals surface area (Å²) in [6.07, 6.45) is -2.14. The van der Waals surface area contributed by atoms with Gasteiger partial charge in [-0.1, -0.05) is 36.9 Å². The molecule has 1 atom stereocenters. The quantitative estimate of drug-likeness (QED) is 0.820. The molecule has 1 unspecified atom stereocenters. The molecule has 1 rings (SSSR count). The Balaban J connectivity index is 2.68. The molecule has 7 heteroatoms. The molecule has 0 heterocycles. The van der Waals surface area contributed by atoms with Crippen molar-refractivity contribution in [3.63, 3.8) is 0 Å². The van der Waals surface area contributed by atoms with Crippen molar-refractivity contribution in [2.24, 2.45) is 0 Å². The van der Waals surface area contributed by atoms with Crippen molar-refractivity contribution in [1.29, 1.82) is 0 Å². The van der Waals surface area contributed by atoms with E-state index in [0.29, 0.717) is 5.56 Å². The Morgan fingerprint density at radius 1 is 1.32 bits per heavy atom. The molecule has 0 saturated carbocycles. The van der Waals surface area contributed by atoms with Crippen LogP contribution in [0.4, 0.5) is 13.2 Å².